The second-order valence-electron chi connectivity index (χ2n) is 4.39. The van der Waals surface area contributed by atoms with Gasteiger partial charge in [0.05, 0.1) is 0 Å². The van der Waals surface area contributed by atoms with Crippen LogP contribution < -0.4 is 5.73 Å². The first-order valence-corrected chi connectivity index (χ1v) is 5.14. The van der Waals surface area contributed by atoms with Crippen LogP contribution in [0.1, 0.15) is 30.4 Å². The molecule has 2 rings (SSSR count). The van der Waals surface area contributed by atoms with Crippen LogP contribution in [0.25, 0.3) is 0 Å². The van der Waals surface area contributed by atoms with E-state index in [2.05, 4.69) is 0 Å². The van der Waals surface area contributed by atoms with E-state index in [1.54, 1.807) is 6.07 Å². The van der Waals surface area contributed by atoms with Gasteiger partial charge in [0.25, 0.3) is 0 Å². The largest absolute Gasteiger partial charge is 0.325 e. The lowest BCUT2D eigenvalue weighted by molar-refractivity contribution is 0.593. The minimum absolute atomic E-state index is 0.0682. The van der Waals surface area contributed by atoms with E-state index >= 15 is 0 Å². The molecule has 0 bridgehead atoms. The first-order chi connectivity index (χ1) is 6.61. The first kappa shape index (κ1) is 9.66. The zero-order valence-electron chi connectivity index (χ0n) is 8.52. The maximum atomic E-state index is 13.2. The van der Waals surface area contributed by atoms with Gasteiger partial charge in [-0.3, -0.25) is 0 Å². The highest BCUT2D eigenvalue weighted by atomic mass is 19.1. The van der Waals surface area contributed by atoms with Crippen molar-refractivity contribution < 1.29 is 4.39 Å². The topological polar surface area (TPSA) is 26.0 Å². The second kappa shape index (κ2) is 3.35. The lowest BCUT2D eigenvalue weighted by Gasteiger charge is -2.10. The summed E-state index contributed by atoms with van der Waals surface area (Å²) in [6, 6.07) is 5.27. The summed E-state index contributed by atoms with van der Waals surface area (Å²) >= 11 is 0. The quantitative estimate of drug-likeness (QED) is 0.784. The Kier molecular flexibility index (Phi) is 2.31. The van der Waals surface area contributed by atoms with E-state index in [9.17, 15) is 4.39 Å². The average Bonchev–Trinajstić information content (AvgIpc) is 2.88. The molecular formula is C12H16FN. The van der Waals surface area contributed by atoms with Crippen molar-refractivity contribution in [2.45, 2.75) is 38.1 Å². The molecule has 0 heterocycles. The molecule has 2 N–H and O–H groups in total. The van der Waals surface area contributed by atoms with E-state index in [0.29, 0.717) is 0 Å². The van der Waals surface area contributed by atoms with Crippen molar-refractivity contribution in [2.75, 3.05) is 0 Å². The summed E-state index contributed by atoms with van der Waals surface area (Å²) in [4.78, 5) is 0. The number of nitrogens with two attached hydrogens (primary N) is 1. The molecule has 2 heteroatoms. The van der Waals surface area contributed by atoms with Crippen LogP contribution in [0.15, 0.2) is 18.2 Å². The van der Waals surface area contributed by atoms with Gasteiger partial charge in [0.15, 0.2) is 0 Å². The van der Waals surface area contributed by atoms with Gasteiger partial charge in [0.2, 0.25) is 0 Å². The van der Waals surface area contributed by atoms with Crippen LogP contribution in [-0.4, -0.2) is 5.54 Å². The van der Waals surface area contributed by atoms with E-state index in [4.69, 9.17) is 5.73 Å². The van der Waals surface area contributed by atoms with Crippen molar-refractivity contribution in [3.05, 3.63) is 35.1 Å². The van der Waals surface area contributed by atoms with Gasteiger partial charge in [-0.25, -0.2) is 4.39 Å². The Bertz CT molecular complexity index is 342. The third kappa shape index (κ3) is 1.95. The molecule has 1 aliphatic rings. The Hall–Kier alpha value is -0.890. The molecule has 1 aromatic rings. The Labute approximate surface area is 84.1 Å². The van der Waals surface area contributed by atoms with Crippen molar-refractivity contribution >= 4 is 0 Å². The summed E-state index contributed by atoms with van der Waals surface area (Å²) in [5.41, 5.74) is 7.93. The standard InChI is InChI=1S/C12H16FN/c1-9-10(3-2-4-11(9)13)5-6-12(14)7-8-12/h2-4H,5-8,14H2,1H3. The molecule has 0 saturated heterocycles. The van der Waals surface area contributed by atoms with Gasteiger partial charge in [0.1, 0.15) is 5.82 Å². The molecule has 0 unspecified atom stereocenters. The smallest absolute Gasteiger partial charge is 0.126 e. The number of benzene rings is 1. The lowest BCUT2D eigenvalue weighted by atomic mass is 10.00. The minimum Gasteiger partial charge on any atom is -0.325 e. The van der Waals surface area contributed by atoms with E-state index < -0.39 is 0 Å². The van der Waals surface area contributed by atoms with Gasteiger partial charge in [-0.1, -0.05) is 12.1 Å². The van der Waals surface area contributed by atoms with Crippen molar-refractivity contribution in [1.82, 2.24) is 0 Å². The molecule has 14 heavy (non-hydrogen) atoms. The molecule has 0 atom stereocenters. The summed E-state index contributed by atoms with van der Waals surface area (Å²) in [7, 11) is 0. The highest BCUT2D eigenvalue weighted by Gasteiger charge is 2.37. The lowest BCUT2D eigenvalue weighted by Crippen LogP contribution is -2.22. The van der Waals surface area contributed by atoms with Gasteiger partial charge < -0.3 is 5.73 Å². The van der Waals surface area contributed by atoms with Gasteiger partial charge in [-0.2, -0.15) is 0 Å². The summed E-state index contributed by atoms with van der Waals surface area (Å²) in [5.74, 6) is -0.107. The molecule has 76 valence electrons. The first-order valence-electron chi connectivity index (χ1n) is 5.14. The molecule has 1 fully saturated rings. The van der Waals surface area contributed by atoms with Crippen molar-refractivity contribution in [3.8, 4) is 0 Å². The van der Waals surface area contributed by atoms with Gasteiger partial charge in [0, 0.05) is 5.54 Å². The molecular weight excluding hydrogens is 177 g/mol. The minimum atomic E-state index is -0.107. The third-order valence-corrected chi connectivity index (χ3v) is 3.16. The van der Waals surface area contributed by atoms with Crippen LogP contribution in [0.5, 0.6) is 0 Å². The van der Waals surface area contributed by atoms with Crippen molar-refractivity contribution in [1.29, 1.82) is 0 Å². The Morgan fingerprint density at radius 3 is 2.79 bits per heavy atom. The highest BCUT2D eigenvalue weighted by Crippen LogP contribution is 2.36. The number of halogens is 1. The molecule has 0 amide bonds. The van der Waals surface area contributed by atoms with Crippen LogP contribution in [0, 0.1) is 12.7 Å². The zero-order chi connectivity index (χ0) is 10.2. The van der Waals surface area contributed by atoms with Crippen LogP contribution in [-0.2, 0) is 6.42 Å². The number of hydrogen-bond donors (Lipinski definition) is 1. The predicted molar refractivity (Wildman–Crippen MR) is 55.6 cm³/mol. The molecule has 1 saturated carbocycles. The van der Waals surface area contributed by atoms with Gasteiger partial charge in [-0.15, -0.1) is 0 Å². The molecule has 1 aromatic carbocycles. The van der Waals surface area contributed by atoms with Crippen LogP contribution in [0.3, 0.4) is 0 Å². The van der Waals surface area contributed by atoms with Crippen LogP contribution in [0.4, 0.5) is 4.39 Å². The van der Waals surface area contributed by atoms with E-state index in [-0.39, 0.29) is 11.4 Å². The normalized spacial score (nSPS) is 18.2. The molecule has 0 aromatic heterocycles. The predicted octanol–water partition coefficient (Wildman–Crippen LogP) is 2.56. The average molecular weight is 193 g/mol. The van der Waals surface area contributed by atoms with E-state index in [1.807, 2.05) is 13.0 Å². The Morgan fingerprint density at radius 2 is 2.14 bits per heavy atom. The second-order valence-corrected chi connectivity index (χ2v) is 4.39. The van der Waals surface area contributed by atoms with Crippen molar-refractivity contribution in [2.24, 2.45) is 5.73 Å². The fraction of sp³-hybridized carbons (Fsp3) is 0.500. The summed E-state index contributed by atoms with van der Waals surface area (Å²) in [6.07, 6.45) is 4.14. The summed E-state index contributed by atoms with van der Waals surface area (Å²) in [5, 5.41) is 0. The highest BCUT2D eigenvalue weighted by molar-refractivity contribution is 5.27. The monoisotopic (exact) mass is 193 g/mol. The third-order valence-electron chi connectivity index (χ3n) is 3.16. The SMILES string of the molecule is Cc1c(F)cccc1CCC1(N)CC1. The number of aryl methyl sites for hydroxylation is 1. The molecule has 1 aliphatic carbocycles. The molecule has 0 aliphatic heterocycles. The van der Waals surface area contributed by atoms with Crippen LogP contribution in [0.2, 0.25) is 0 Å². The number of rotatable bonds is 3. The Balaban J connectivity index is 2.05. The molecule has 0 radical (unpaired) electrons. The summed E-state index contributed by atoms with van der Waals surface area (Å²) < 4.78 is 13.2. The fourth-order valence-corrected chi connectivity index (χ4v) is 1.72. The van der Waals surface area contributed by atoms with Gasteiger partial charge in [-0.05, 0) is 49.8 Å². The zero-order valence-corrected chi connectivity index (χ0v) is 8.52. The van der Waals surface area contributed by atoms with Crippen molar-refractivity contribution in [3.63, 3.8) is 0 Å². The maximum absolute atomic E-state index is 13.2. The van der Waals surface area contributed by atoms with E-state index in [1.165, 1.54) is 6.07 Å². The van der Waals surface area contributed by atoms with Crippen LogP contribution >= 0.6 is 0 Å². The van der Waals surface area contributed by atoms with Gasteiger partial charge >= 0.3 is 0 Å². The maximum Gasteiger partial charge on any atom is 0.126 e. The molecule has 0 spiro atoms. The fourth-order valence-electron chi connectivity index (χ4n) is 1.72. The number of hydrogen-bond acceptors (Lipinski definition) is 1. The van der Waals surface area contributed by atoms with E-state index in [0.717, 1.165) is 36.8 Å². The Morgan fingerprint density at radius 1 is 1.43 bits per heavy atom. The molecule has 1 nitrogen and oxygen atoms in total. The summed E-state index contributed by atoms with van der Waals surface area (Å²) in [6.45, 7) is 1.83.